The molecule has 8 heteroatoms. The van der Waals surface area contributed by atoms with Crippen molar-refractivity contribution in [3.63, 3.8) is 0 Å². The Morgan fingerprint density at radius 2 is 2.20 bits per heavy atom. The molecular formula is C12H11N5OS2. The summed E-state index contributed by atoms with van der Waals surface area (Å²) >= 11 is 3.68. The van der Waals surface area contributed by atoms with Crippen LogP contribution in [0.3, 0.4) is 0 Å². The molecule has 0 saturated heterocycles. The molecule has 0 aromatic carbocycles. The van der Waals surface area contributed by atoms with Gasteiger partial charge in [0.2, 0.25) is 5.95 Å². The lowest BCUT2D eigenvalue weighted by atomic mass is 10.2. The first-order valence-corrected chi connectivity index (χ1v) is 8.13. The van der Waals surface area contributed by atoms with Gasteiger partial charge in [0.25, 0.3) is 5.56 Å². The van der Waals surface area contributed by atoms with E-state index in [0.717, 1.165) is 17.1 Å². The number of thioether (sulfide) groups is 1. The van der Waals surface area contributed by atoms with Crippen molar-refractivity contribution >= 4 is 40.2 Å². The number of anilines is 1. The van der Waals surface area contributed by atoms with E-state index < -0.39 is 0 Å². The standard InChI is InChI=1S/C12H11N5OS2/c13-12-16-10-8(11(18)17-12)14-9(15-10)7-3-5-4-19-2-1-6(5)20-7/h3H,1-2,4H2,(H4,13,14,15,16,17,18). The Hall–Kier alpha value is -1.80. The van der Waals surface area contributed by atoms with Crippen LogP contribution in [-0.4, -0.2) is 25.7 Å². The highest BCUT2D eigenvalue weighted by atomic mass is 32.2. The highest BCUT2D eigenvalue weighted by Gasteiger charge is 2.17. The van der Waals surface area contributed by atoms with E-state index in [9.17, 15) is 4.79 Å². The van der Waals surface area contributed by atoms with Crippen LogP contribution in [0.2, 0.25) is 0 Å². The summed E-state index contributed by atoms with van der Waals surface area (Å²) < 4.78 is 0. The average molecular weight is 305 g/mol. The fourth-order valence-corrected chi connectivity index (χ4v) is 4.62. The number of hydrogen-bond donors (Lipinski definition) is 3. The van der Waals surface area contributed by atoms with Crippen LogP contribution in [0.4, 0.5) is 5.95 Å². The lowest BCUT2D eigenvalue weighted by Gasteiger charge is -2.08. The molecule has 0 unspecified atom stereocenters. The fraction of sp³-hybridized carbons (Fsp3) is 0.250. The summed E-state index contributed by atoms with van der Waals surface area (Å²) in [5.74, 6) is 3.00. The van der Waals surface area contributed by atoms with E-state index in [2.05, 4.69) is 26.0 Å². The number of aromatic amines is 2. The van der Waals surface area contributed by atoms with Crippen molar-refractivity contribution in [3.05, 3.63) is 26.9 Å². The SMILES string of the molecule is Nc1nc2nc(-c3cc4c(s3)CCSC4)[nH]c2c(=O)[nH]1. The van der Waals surface area contributed by atoms with Crippen molar-refractivity contribution in [2.75, 3.05) is 11.5 Å². The monoisotopic (exact) mass is 305 g/mol. The van der Waals surface area contributed by atoms with Gasteiger partial charge in [0.1, 0.15) is 0 Å². The molecule has 0 fully saturated rings. The molecule has 102 valence electrons. The molecule has 6 nitrogen and oxygen atoms in total. The van der Waals surface area contributed by atoms with E-state index in [1.54, 1.807) is 11.3 Å². The van der Waals surface area contributed by atoms with Gasteiger partial charge in [-0.2, -0.15) is 16.7 Å². The number of nitrogens with zero attached hydrogens (tertiary/aromatic N) is 2. The normalized spacial score (nSPS) is 14.6. The van der Waals surface area contributed by atoms with E-state index >= 15 is 0 Å². The van der Waals surface area contributed by atoms with E-state index in [1.165, 1.54) is 16.2 Å². The van der Waals surface area contributed by atoms with Crippen LogP contribution in [0.1, 0.15) is 10.4 Å². The first kappa shape index (κ1) is 12.0. The van der Waals surface area contributed by atoms with Gasteiger partial charge in [-0.1, -0.05) is 0 Å². The number of fused-ring (bicyclic) bond motifs is 2. The molecule has 0 saturated carbocycles. The van der Waals surface area contributed by atoms with Crippen molar-refractivity contribution < 1.29 is 0 Å². The van der Waals surface area contributed by atoms with Gasteiger partial charge in [0.15, 0.2) is 17.0 Å². The third-order valence-corrected chi connectivity index (χ3v) is 5.49. The summed E-state index contributed by atoms with van der Waals surface area (Å²) in [5, 5.41) is 0. The number of imidazole rings is 1. The van der Waals surface area contributed by atoms with Gasteiger partial charge in [0.05, 0.1) is 4.88 Å². The molecule has 0 aliphatic carbocycles. The summed E-state index contributed by atoms with van der Waals surface area (Å²) in [5.41, 5.74) is 7.35. The van der Waals surface area contributed by atoms with Gasteiger partial charge in [-0.15, -0.1) is 11.3 Å². The number of nitrogens with two attached hydrogens (primary N) is 1. The number of thiophene rings is 1. The molecule has 3 aromatic rings. The minimum absolute atomic E-state index is 0.0856. The van der Waals surface area contributed by atoms with Crippen LogP contribution in [0, 0.1) is 0 Å². The maximum Gasteiger partial charge on any atom is 0.278 e. The zero-order chi connectivity index (χ0) is 13.7. The largest absolute Gasteiger partial charge is 0.369 e. The van der Waals surface area contributed by atoms with Crippen molar-refractivity contribution in [3.8, 4) is 10.7 Å². The third-order valence-electron chi connectivity index (χ3n) is 3.24. The van der Waals surface area contributed by atoms with Crippen molar-refractivity contribution in [1.29, 1.82) is 0 Å². The summed E-state index contributed by atoms with van der Waals surface area (Å²) in [6, 6.07) is 2.15. The Morgan fingerprint density at radius 3 is 3.05 bits per heavy atom. The van der Waals surface area contributed by atoms with E-state index in [4.69, 9.17) is 5.73 Å². The molecule has 20 heavy (non-hydrogen) atoms. The highest BCUT2D eigenvalue weighted by Crippen LogP contribution is 2.36. The summed E-state index contributed by atoms with van der Waals surface area (Å²) in [4.78, 5) is 28.2. The van der Waals surface area contributed by atoms with Gasteiger partial charge in [0, 0.05) is 10.6 Å². The van der Waals surface area contributed by atoms with Crippen LogP contribution in [0.5, 0.6) is 0 Å². The van der Waals surface area contributed by atoms with Crippen LogP contribution in [0.25, 0.3) is 21.9 Å². The molecule has 0 radical (unpaired) electrons. The molecule has 0 amide bonds. The van der Waals surface area contributed by atoms with E-state index in [1.807, 2.05) is 11.8 Å². The zero-order valence-corrected chi connectivity index (χ0v) is 12.0. The molecule has 3 aromatic heterocycles. The quantitative estimate of drug-likeness (QED) is 0.636. The minimum atomic E-state index is -0.289. The molecule has 1 aliphatic heterocycles. The average Bonchev–Trinajstić information content (AvgIpc) is 3.01. The molecule has 1 aliphatic rings. The van der Waals surface area contributed by atoms with E-state index in [0.29, 0.717) is 17.0 Å². The Balaban J connectivity index is 1.88. The number of nitrogens with one attached hydrogen (secondary N) is 2. The van der Waals surface area contributed by atoms with Gasteiger partial charge >= 0.3 is 0 Å². The second-order valence-electron chi connectivity index (χ2n) is 4.60. The second-order valence-corrected chi connectivity index (χ2v) is 6.84. The van der Waals surface area contributed by atoms with Gasteiger partial charge in [-0.05, 0) is 23.8 Å². The number of aromatic nitrogens is 4. The maximum atomic E-state index is 11.8. The van der Waals surface area contributed by atoms with Gasteiger partial charge in [-0.3, -0.25) is 9.78 Å². The first-order valence-electron chi connectivity index (χ1n) is 6.16. The predicted molar refractivity (Wildman–Crippen MR) is 82.1 cm³/mol. The topological polar surface area (TPSA) is 100 Å². The highest BCUT2D eigenvalue weighted by molar-refractivity contribution is 7.98. The van der Waals surface area contributed by atoms with Crippen LogP contribution >= 0.6 is 23.1 Å². The lowest BCUT2D eigenvalue weighted by Crippen LogP contribution is -2.10. The number of aryl methyl sites for hydroxylation is 1. The van der Waals surface area contributed by atoms with Crippen molar-refractivity contribution in [1.82, 2.24) is 19.9 Å². The van der Waals surface area contributed by atoms with Crippen LogP contribution < -0.4 is 11.3 Å². The van der Waals surface area contributed by atoms with Crippen LogP contribution in [0.15, 0.2) is 10.9 Å². The maximum absolute atomic E-state index is 11.8. The minimum Gasteiger partial charge on any atom is -0.369 e. The molecule has 4 rings (SSSR count). The Kier molecular flexibility index (Phi) is 2.61. The molecular weight excluding hydrogens is 294 g/mol. The molecule has 0 bridgehead atoms. The Morgan fingerprint density at radius 1 is 1.30 bits per heavy atom. The first-order chi connectivity index (χ1) is 9.70. The Bertz CT molecular complexity index is 839. The number of H-pyrrole nitrogens is 2. The number of rotatable bonds is 1. The summed E-state index contributed by atoms with van der Waals surface area (Å²) in [7, 11) is 0. The molecule has 0 spiro atoms. The Labute approximate surface area is 121 Å². The van der Waals surface area contributed by atoms with Crippen molar-refractivity contribution in [2.45, 2.75) is 12.2 Å². The number of hydrogen-bond acceptors (Lipinski definition) is 6. The van der Waals surface area contributed by atoms with Crippen LogP contribution in [-0.2, 0) is 12.2 Å². The second kappa shape index (κ2) is 4.35. The molecule has 4 N–H and O–H groups in total. The smallest absolute Gasteiger partial charge is 0.278 e. The summed E-state index contributed by atoms with van der Waals surface area (Å²) in [6.07, 6.45) is 1.11. The lowest BCUT2D eigenvalue weighted by molar-refractivity contribution is 1.13. The van der Waals surface area contributed by atoms with Gasteiger partial charge in [-0.25, -0.2) is 4.98 Å². The third kappa shape index (κ3) is 1.83. The van der Waals surface area contributed by atoms with Gasteiger partial charge < -0.3 is 10.7 Å². The zero-order valence-electron chi connectivity index (χ0n) is 10.4. The van der Waals surface area contributed by atoms with E-state index in [-0.39, 0.29) is 11.5 Å². The van der Waals surface area contributed by atoms with Crippen molar-refractivity contribution in [2.24, 2.45) is 0 Å². The molecule has 0 atom stereocenters. The molecule has 4 heterocycles. The fourth-order valence-electron chi connectivity index (χ4n) is 2.30. The summed E-state index contributed by atoms with van der Waals surface area (Å²) in [6.45, 7) is 0. The predicted octanol–water partition coefficient (Wildman–Crippen LogP) is 1.75. The number of nitrogen functional groups attached to an aromatic ring is 1.